The Balaban J connectivity index is 2.18. The maximum Gasteiger partial charge on any atom is 0.325 e. The predicted molar refractivity (Wildman–Crippen MR) is 73.7 cm³/mol. The Morgan fingerprint density at radius 2 is 2.00 bits per heavy atom. The molecule has 0 saturated carbocycles. The largest absolute Gasteiger partial charge is 0.480 e. The van der Waals surface area contributed by atoms with E-state index < -0.39 is 15.8 Å². The Hall–Kier alpha value is -1.94. The number of benzene rings is 1. The number of carboxylic acid groups (broad SMARTS) is 1. The summed E-state index contributed by atoms with van der Waals surface area (Å²) in [6, 6.07) is 6.28. The lowest BCUT2D eigenvalue weighted by molar-refractivity contribution is -0.138. The number of aliphatic carboxylic acids is 1. The summed E-state index contributed by atoms with van der Waals surface area (Å²) in [5, 5.41) is 19.8. The normalized spacial score (nSPS) is 11.5. The van der Waals surface area contributed by atoms with Crippen LogP contribution in [-0.4, -0.2) is 45.5 Å². The van der Waals surface area contributed by atoms with Crippen molar-refractivity contribution in [3.8, 4) is 0 Å². The molecular weight excluding hydrogens is 316 g/mol. The molecule has 2 aromatic rings. The van der Waals surface area contributed by atoms with Crippen LogP contribution in [0.1, 0.15) is 6.92 Å². The first kappa shape index (κ1) is 15.4. The molecule has 0 spiro atoms. The molecule has 8 nitrogen and oxygen atoms in total. The van der Waals surface area contributed by atoms with Crippen LogP contribution in [0.5, 0.6) is 0 Å². The number of aromatic nitrogens is 4. The molecule has 0 fully saturated rings. The number of carboxylic acids is 1. The Labute approximate surface area is 125 Å². The summed E-state index contributed by atoms with van der Waals surface area (Å²) in [6.45, 7) is 1.25. The smallest absolute Gasteiger partial charge is 0.325 e. The Morgan fingerprint density at radius 3 is 2.57 bits per heavy atom. The molecular formula is C11H12N4O4S2. The van der Waals surface area contributed by atoms with Gasteiger partial charge < -0.3 is 5.11 Å². The van der Waals surface area contributed by atoms with E-state index >= 15 is 0 Å². The molecule has 0 atom stereocenters. The van der Waals surface area contributed by atoms with Crippen LogP contribution >= 0.6 is 11.8 Å². The first-order chi connectivity index (χ1) is 9.92. The van der Waals surface area contributed by atoms with Gasteiger partial charge in [-0.1, -0.05) is 6.92 Å². The maximum absolute atomic E-state index is 11.7. The van der Waals surface area contributed by atoms with Crippen molar-refractivity contribution in [3.63, 3.8) is 0 Å². The summed E-state index contributed by atoms with van der Waals surface area (Å²) in [7, 11) is -3.23. The zero-order valence-electron chi connectivity index (χ0n) is 11.0. The monoisotopic (exact) mass is 328 g/mol. The number of tetrazole rings is 1. The fourth-order valence-electron chi connectivity index (χ4n) is 1.48. The second kappa shape index (κ2) is 6.22. The molecule has 1 aromatic heterocycles. The van der Waals surface area contributed by atoms with Gasteiger partial charge in [0.2, 0.25) is 5.16 Å². The molecule has 0 radical (unpaired) electrons. The zero-order chi connectivity index (χ0) is 15.5. The van der Waals surface area contributed by atoms with Crippen LogP contribution < -0.4 is 0 Å². The summed E-state index contributed by atoms with van der Waals surface area (Å²) in [4.78, 5) is 11.6. The minimum absolute atomic E-state index is 0.0380. The van der Waals surface area contributed by atoms with Crippen molar-refractivity contribution >= 4 is 27.6 Å². The van der Waals surface area contributed by atoms with Crippen molar-refractivity contribution in [2.75, 3.05) is 5.75 Å². The van der Waals surface area contributed by atoms with Gasteiger partial charge in [-0.15, -0.1) is 5.10 Å². The molecule has 1 N–H and O–H groups in total. The highest BCUT2D eigenvalue weighted by molar-refractivity contribution is 7.99. The topological polar surface area (TPSA) is 115 Å². The summed E-state index contributed by atoms with van der Waals surface area (Å²) in [5.41, 5.74) is 0. The van der Waals surface area contributed by atoms with Crippen LogP contribution in [0.4, 0.5) is 0 Å². The van der Waals surface area contributed by atoms with Crippen LogP contribution in [0.25, 0.3) is 0 Å². The lowest BCUT2D eigenvalue weighted by atomic mass is 10.4. The minimum atomic E-state index is -3.23. The van der Waals surface area contributed by atoms with E-state index in [1.54, 1.807) is 19.1 Å². The predicted octanol–water partition coefficient (Wildman–Crippen LogP) is 0.702. The summed E-state index contributed by atoms with van der Waals surface area (Å²) in [6.07, 6.45) is 0. The first-order valence-electron chi connectivity index (χ1n) is 5.91. The van der Waals surface area contributed by atoms with E-state index in [1.807, 2.05) is 0 Å². The van der Waals surface area contributed by atoms with Gasteiger partial charge in [0, 0.05) is 4.90 Å². The van der Waals surface area contributed by atoms with Gasteiger partial charge in [0.05, 0.1) is 10.6 Å². The SMILES string of the molecule is CCS(=O)(=O)c1ccc(Sc2nnnn2CC(=O)O)cc1. The van der Waals surface area contributed by atoms with Crippen molar-refractivity contribution in [3.05, 3.63) is 24.3 Å². The lowest BCUT2D eigenvalue weighted by Gasteiger charge is -2.04. The summed E-state index contributed by atoms with van der Waals surface area (Å²) >= 11 is 1.16. The fourth-order valence-corrected chi connectivity index (χ4v) is 3.13. The fraction of sp³-hybridized carbons (Fsp3) is 0.273. The standard InChI is InChI=1S/C11H12N4O4S2/c1-2-21(18,19)9-5-3-8(4-6-9)20-11-12-13-14-15(11)7-10(16)17/h3-6H,2,7H2,1H3,(H,16,17). The molecule has 0 amide bonds. The van der Waals surface area contributed by atoms with E-state index in [0.29, 0.717) is 10.1 Å². The molecule has 0 aliphatic rings. The summed E-state index contributed by atoms with van der Waals surface area (Å²) in [5.74, 6) is -1.01. The molecule has 1 heterocycles. The van der Waals surface area contributed by atoms with Crippen molar-refractivity contribution in [1.82, 2.24) is 20.2 Å². The van der Waals surface area contributed by atoms with E-state index in [-0.39, 0.29) is 17.2 Å². The van der Waals surface area contributed by atoms with Crippen molar-refractivity contribution in [1.29, 1.82) is 0 Å². The van der Waals surface area contributed by atoms with Gasteiger partial charge in [0.15, 0.2) is 9.84 Å². The number of nitrogens with zero attached hydrogens (tertiary/aromatic N) is 4. The van der Waals surface area contributed by atoms with Crippen LogP contribution in [-0.2, 0) is 21.2 Å². The van der Waals surface area contributed by atoms with Gasteiger partial charge in [-0.2, -0.15) is 0 Å². The van der Waals surface area contributed by atoms with Gasteiger partial charge >= 0.3 is 5.97 Å². The number of rotatable bonds is 6. The molecule has 0 aliphatic carbocycles. The molecule has 0 saturated heterocycles. The highest BCUT2D eigenvalue weighted by Gasteiger charge is 2.13. The van der Waals surface area contributed by atoms with E-state index in [1.165, 1.54) is 12.1 Å². The van der Waals surface area contributed by atoms with E-state index in [2.05, 4.69) is 15.5 Å². The van der Waals surface area contributed by atoms with Crippen LogP contribution in [0.2, 0.25) is 0 Å². The second-order valence-electron chi connectivity index (χ2n) is 3.99. The Morgan fingerprint density at radius 1 is 1.33 bits per heavy atom. The van der Waals surface area contributed by atoms with Crippen LogP contribution in [0.3, 0.4) is 0 Å². The molecule has 112 valence electrons. The molecule has 10 heteroatoms. The average molecular weight is 328 g/mol. The van der Waals surface area contributed by atoms with Gasteiger partial charge in [-0.3, -0.25) is 4.79 Å². The molecule has 0 bridgehead atoms. The van der Waals surface area contributed by atoms with E-state index in [9.17, 15) is 13.2 Å². The third-order valence-corrected chi connectivity index (χ3v) is 5.29. The van der Waals surface area contributed by atoms with Gasteiger partial charge in [-0.25, -0.2) is 13.1 Å². The summed E-state index contributed by atoms with van der Waals surface area (Å²) < 4.78 is 24.5. The highest BCUT2D eigenvalue weighted by atomic mass is 32.2. The van der Waals surface area contributed by atoms with Gasteiger partial charge in [0.1, 0.15) is 6.54 Å². The molecule has 1 aromatic carbocycles. The maximum atomic E-state index is 11.7. The quantitative estimate of drug-likeness (QED) is 0.824. The highest BCUT2D eigenvalue weighted by Crippen LogP contribution is 2.26. The lowest BCUT2D eigenvalue weighted by Crippen LogP contribution is -2.11. The second-order valence-corrected chi connectivity index (χ2v) is 7.31. The third kappa shape index (κ3) is 3.79. The number of sulfone groups is 1. The Kier molecular flexibility index (Phi) is 4.58. The van der Waals surface area contributed by atoms with Gasteiger partial charge in [0.25, 0.3) is 0 Å². The van der Waals surface area contributed by atoms with Crippen LogP contribution in [0.15, 0.2) is 39.2 Å². The molecule has 0 aliphatic heterocycles. The average Bonchev–Trinajstić information content (AvgIpc) is 2.86. The zero-order valence-corrected chi connectivity index (χ0v) is 12.6. The molecule has 2 rings (SSSR count). The number of hydrogen-bond acceptors (Lipinski definition) is 7. The van der Waals surface area contributed by atoms with Crippen molar-refractivity contribution < 1.29 is 18.3 Å². The van der Waals surface area contributed by atoms with Crippen molar-refractivity contribution in [2.24, 2.45) is 0 Å². The third-order valence-electron chi connectivity index (χ3n) is 2.56. The van der Waals surface area contributed by atoms with E-state index in [0.717, 1.165) is 16.4 Å². The molecule has 21 heavy (non-hydrogen) atoms. The Bertz CT molecular complexity index is 740. The number of hydrogen-bond donors (Lipinski definition) is 1. The van der Waals surface area contributed by atoms with Crippen LogP contribution in [0, 0.1) is 0 Å². The van der Waals surface area contributed by atoms with E-state index in [4.69, 9.17) is 5.11 Å². The number of carbonyl (C=O) groups is 1. The first-order valence-corrected chi connectivity index (χ1v) is 8.38. The molecule has 0 unspecified atom stereocenters. The minimum Gasteiger partial charge on any atom is -0.480 e. The van der Waals surface area contributed by atoms with Crippen molar-refractivity contribution in [2.45, 2.75) is 28.4 Å². The van der Waals surface area contributed by atoms with Gasteiger partial charge in [-0.05, 0) is 46.5 Å².